The van der Waals surface area contributed by atoms with E-state index >= 15 is 0 Å². The average molecular weight is 276 g/mol. The van der Waals surface area contributed by atoms with Gasteiger partial charge in [0.15, 0.2) is 11.0 Å². The monoisotopic (exact) mass is 276 g/mol. The molecule has 2 rings (SSSR count). The molecular formula is C11H12N6OS. The highest BCUT2D eigenvalue weighted by Crippen LogP contribution is 2.20. The molecule has 98 valence electrons. The van der Waals surface area contributed by atoms with Gasteiger partial charge in [0.05, 0.1) is 11.9 Å². The summed E-state index contributed by atoms with van der Waals surface area (Å²) in [4.78, 5) is 12.3. The molecule has 8 heteroatoms. The quantitative estimate of drug-likeness (QED) is 0.663. The van der Waals surface area contributed by atoms with Crippen molar-refractivity contribution in [1.29, 1.82) is 5.26 Å². The lowest BCUT2D eigenvalue weighted by atomic mass is 10.2. The third-order valence-corrected chi connectivity index (χ3v) is 3.09. The molecule has 0 aliphatic rings. The molecule has 2 aromatic heterocycles. The summed E-state index contributed by atoms with van der Waals surface area (Å²) < 4.78 is 5.10. The zero-order valence-electron chi connectivity index (χ0n) is 10.5. The van der Waals surface area contributed by atoms with E-state index in [2.05, 4.69) is 20.1 Å². The van der Waals surface area contributed by atoms with Gasteiger partial charge in [-0.15, -0.1) is 0 Å². The van der Waals surface area contributed by atoms with Crippen LogP contribution in [-0.2, 0) is 5.75 Å². The Kier molecular flexibility index (Phi) is 3.97. The molecule has 2 N–H and O–H groups in total. The standard InChI is InChI=1S/C11H12N6OS/c1-6(2)10-15-8(18-17-10)5-19-11-14-4-7(3-12)9(13)16-11/h4,6H,5H2,1-2H3,(H2,13,14,16). The molecule has 0 amide bonds. The molecule has 0 aliphatic carbocycles. The second-order valence-corrected chi connectivity index (χ2v) is 5.00. The SMILES string of the molecule is CC(C)c1noc(CSc2ncc(C#N)c(N)n2)n1. The van der Waals surface area contributed by atoms with Gasteiger partial charge in [0, 0.05) is 5.92 Å². The highest BCUT2D eigenvalue weighted by molar-refractivity contribution is 7.98. The van der Waals surface area contributed by atoms with Crippen LogP contribution >= 0.6 is 11.8 Å². The van der Waals surface area contributed by atoms with E-state index in [4.69, 9.17) is 15.5 Å². The number of anilines is 1. The van der Waals surface area contributed by atoms with Gasteiger partial charge in [-0.1, -0.05) is 30.8 Å². The molecule has 7 nitrogen and oxygen atoms in total. The Balaban J connectivity index is 2.02. The number of nitrogens with zero attached hydrogens (tertiary/aromatic N) is 5. The maximum Gasteiger partial charge on any atom is 0.237 e. The van der Waals surface area contributed by atoms with Crippen molar-refractivity contribution >= 4 is 17.6 Å². The summed E-state index contributed by atoms with van der Waals surface area (Å²) in [7, 11) is 0. The highest BCUT2D eigenvalue weighted by Gasteiger charge is 2.11. The van der Waals surface area contributed by atoms with Crippen LogP contribution in [0.25, 0.3) is 0 Å². The summed E-state index contributed by atoms with van der Waals surface area (Å²) in [6.45, 7) is 3.98. The van der Waals surface area contributed by atoms with Gasteiger partial charge in [0.25, 0.3) is 0 Å². The Labute approximate surface area is 114 Å². The van der Waals surface area contributed by atoms with E-state index in [9.17, 15) is 0 Å². The lowest BCUT2D eigenvalue weighted by Crippen LogP contribution is -1.98. The van der Waals surface area contributed by atoms with Crippen molar-refractivity contribution in [3.63, 3.8) is 0 Å². The third-order valence-electron chi connectivity index (χ3n) is 2.24. The molecule has 0 spiro atoms. The second-order valence-electron chi connectivity index (χ2n) is 4.05. The van der Waals surface area contributed by atoms with Crippen molar-refractivity contribution in [2.75, 3.05) is 5.73 Å². The first kappa shape index (κ1) is 13.3. The number of aromatic nitrogens is 4. The Bertz CT molecular complexity index is 618. The summed E-state index contributed by atoms with van der Waals surface area (Å²) in [5.74, 6) is 2.05. The molecular weight excluding hydrogens is 264 g/mol. The van der Waals surface area contributed by atoms with Crippen LogP contribution in [0.5, 0.6) is 0 Å². The summed E-state index contributed by atoms with van der Waals surface area (Å²) >= 11 is 1.32. The van der Waals surface area contributed by atoms with Crippen LogP contribution in [0.15, 0.2) is 15.9 Å². The van der Waals surface area contributed by atoms with Gasteiger partial charge in [-0.05, 0) is 0 Å². The second kappa shape index (κ2) is 5.67. The van der Waals surface area contributed by atoms with Gasteiger partial charge >= 0.3 is 0 Å². The summed E-state index contributed by atoms with van der Waals surface area (Å²) in [6.07, 6.45) is 1.40. The first-order chi connectivity index (χ1) is 9.10. The van der Waals surface area contributed by atoms with Crippen molar-refractivity contribution in [1.82, 2.24) is 20.1 Å². The van der Waals surface area contributed by atoms with Crippen LogP contribution in [0, 0.1) is 11.3 Å². The Morgan fingerprint density at radius 3 is 2.84 bits per heavy atom. The van der Waals surface area contributed by atoms with Crippen LogP contribution in [0.4, 0.5) is 5.82 Å². The molecule has 0 radical (unpaired) electrons. The molecule has 2 aromatic rings. The average Bonchev–Trinajstić information content (AvgIpc) is 2.85. The fourth-order valence-corrected chi connectivity index (χ4v) is 1.88. The van der Waals surface area contributed by atoms with E-state index in [1.54, 1.807) is 0 Å². The van der Waals surface area contributed by atoms with Gasteiger partial charge in [0.1, 0.15) is 17.5 Å². The van der Waals surface area contributed by atoms with Crippen LogP contribution in [0.2, 0.25) is 0 Å². The maximum atomic E-state index is 8.72. The molecule has 0 aliphatic heterocycles. The predicted octanol–water partition coefficient (Wildman–Crippen LogP) is 1.73. The largest absolute Gasteiger partial charge is 0.382 e. The van der Waals surface area contributed by atoms with Crippen LogP contribution in [0.3, 0.4) is 0 Å². The Morgan fingerprint density at radius 2 is 2.26 bits per heavy atom. The van der Waals surface area contributed by atoms with E-state index in [0.717, 1.165) is 0 Å². The molecule has 0 saturated carbocycles. The van der Waals surface area contributed by atoms with Crippen LogP contribution < -0.4 is 5.73 Å². The molecule has 0 saturated heterocycles. The normalized spacial score (nSPS) is 10.6. The predicted molar refractivity (Wildman–Crippen MR) is 69.1 cm³/mol. The minimum absolute atomic E-state index is 0.174. The number of thioether (sulfide) groups is 1. The van der Waals surface area contributed by atoms with Gasteiger partial charge < -0.3 is 10.3 Å². The van der Waals surface area contributed by atoms with Crippen LogP contribution in [-0.4, -0.2) is 20.1 Å². The topological polar surface area (TPSA) is 115 Å². The minimum atomic E-state index is 0.174. The first-order valence-electron chi connectivity index (χ1n) is 5.58. The van der Waals surface area contributed by atoms with E-state index in [0.29, 0.717) is 22.6 Å². The summed E-state index contributed by atoms with van der Waals surface area (Å²) in [5, 5.41) is 13.1. The van der Waals surface area contributed by atoms with E-state index in [1.807, 2.05) is 19.9 Å². The number of hydrogen-bond acceptors (Lipinski definition) is 8. The lowest BCUT2D eigenvalue weighted by molar-refractivity contribution is 0.383. The molecule has 0 bridgehead atoms. The van der Waals surface area contributed by atoms with Crippen molar-refractivity contribution in [3.05, 3.63) is 23.5 Å². The first-order valence-corrected chi connectivity index (χ1v) is 6.56. The number of hydrogen-bond donors (Lipinski definition) is 1. The zero-order chi connectivity index (χ0) is 13.8. The van der Waals surface area contributed by atoms with Gasteiger partial charge in [-0.2, -0.15) is 10.2 Å². The van der Waals surface area contributed by atoms with Gasteiger partial charge in [-0.3, -0.25) is 0 Å². The van der Waals surface area contributed by atoms with E-state index < -0.39 is 0 Å². The third kappa shape index (κ3) is 3.20. The molecule has 0 fully saturated rings. The van der Waals surface area contributed by atoms with Crippen molar-refractivity contribution < 1.29 is 4.52 Å². The smallest absolute Gasteiger partial charge is 0.237 e. The molecule has 19 heavy (non-hydrogen) atoms. The maximum absolute atomic E-state index is 8.72. The lowest BCUT2D eigenvalue weighted by Gasteiger charge is -1.99. The van der Waals surface area contributed by atoms with Crippen molar-refractivity contribution in [2.24, 2.45) is 0 Å². The van der Waals surface area contributed by atoms with Crippen LogP contribution in [0.1, 0.15) is 37.0 Å². The molecule has 0 aromatic carbocycles. The molecule has 0 atom stereocenters. The fraction of sp³-hybridized carbons (Fsp3) is 0.364. The summed E-state index contributed by atoms with van der Waals surface area (Å²) in [6, 6.07) is 1.91. The fourth-order valence-electron chi connectivity index (χ4n) is 1.22. The minimum Gasteiger partial charge on any atom is -0.382 e. The Hall–Kier alpha value is -2.14. The summed E-state index contributed by atoms with van der Waals surface area (Å²) in [5.41, 5.74) is 5.87. The molecule has 2 heterocycles. The van der Waals surface area contributed by atoms with Gasteiger partial charge in [0.2, 0.25) is 5.89 Å². The van der Waals surface area contributed by atoms with Gasteiger partial charge in [-0.25, -0.2) is 9.97 Å². The number of nitrogens with two attached hydrogens (primary N) is 1. The molecule has 0 unspecified atom stereocenters. The van der Waals surface area contributed by atoms with E-state index in [1.165, 1.54) is 18.0 Å². The Morgan fingerprint density at radius 1 is 1.47 bits per heavy atom. The number of nitrogen functional groups attached to an aromatic ring is 1. The highest BCUT2D eigenvalue weighted by atomic mass is 32.2. The number of rotatable bonds is 4. The van der Waals surface area contributed by atoms with Crippen molar-refractivity contribution in [3.8, 4) is 6.07 Å². The number of nitriles is 1. The zero-order valence-corrected chi connectivity index (χ0v) is 11.3. The van der Waals surface area contributed by atoms with E-state index in [-0.39, 0.29) is 17.3 Å². The van der Waals surface area contributed by atoms with Crippen molar-refractivity contribution in [2.45, 2.75) is 30.7 Å².